The quantitative estimate of drug-likeness (QED) is 0.734. The van der Waals surface area contributed by atoms with E-state index in [1.165, 1.54) is 6.26 Å². The van der Waals surface area contributed by atoms with Crippen molar-refractivity contribution in [2.24, 2.45) is 17.3 Å². The smallest absolute Gasteiger partial charge is 0.372 e. The molecule has 2 aliphatic carbocycles. The molecule has 0 amide bonds. The molecule has 1 saturated carbocycles. The van der Waals surface area contributed by atoms with Crippen molar-refractivity contribution in [3.8, 4) is 0 Å². The van der Waals surface area contributed by atoms with E-state index in [2.05, 4.69) is 13.8 Å². The van der Waals surface area contributed by atoms with E-state index in [9.17, 15) is 20.1 Å². The van der Waals surface area contributed by atoms with Gasteiger partial charge in [-0.1, -0.05) is 13.8 Å². The van der Waals surface area contributed by atoms with Crippen LogP contribution in [-0.2, 0) is 5.60 Å². The van der Waals surface area contributed by atoms with Gasteiger partial charge in [0.1, 0.15) is 0 Å². The highest BCUT2D eigenvalue weighted by Gasteiger charge is 2.57. The van der Waals surface area contributed by atoms with Gasteiger partial charge in [-0.15, -0.1) is 0 Å². The Kier molecular flexibility index (Phi) is 2.63. The van der Waals surface area contributed by atoms with Crippen molar-refractivity contribution in [2.75, 3.05) is 0 Å². The number of furan rings is 1. The first-order chi connectivity index (χ1) is 9.15. The van der Waals surface area contributed by atoms with Crippen LogP contribution in [0.25, 0.3) is 0 Å². The molecule has 0 saturated heterocycles. The molecule has 20 heavy (non-hydrogen) atoms. The highest BCUT2D eigenvalue weighted by molar-refractivity contribution is 5.87. The van der Waals surface area contributed by atoms with E-state index >= 15 is 0 Å². The van der Waals surface area contributed by atoms with Gasteiger partial charge in [0.2, 0.25) is 5.76 Å². The summed E-state index contributed by atoms with van der Waals surface area (Å²) in [5.41, 5.74) is -0.583. The Labute approximate surface area is 117 Å². The molecule has 4 atom stereocenters. The van der Waals surface area contributed by atoms with E-state index in [1.54, 1.807) is 6.92 Å². The number of aromatic carboxylic acids is 1. The number of carbonyl (C=O) groups is 1. The number of hydrogen-bond acceptors (Lipinski definition) is 4. The summed E-state index contributed by atoms with van der Waals surface area (Å²) in [6, 6.07) is 0. The summed E-state index contributed by atoms with van der Waals surface area (Å²) in [6.07, 6.45) is 2.07. The van der Waals surface area contributed by atoms with E-state index in [-0.39, 0.29) is 28.6 Å². The summed E-state index contributed by atoms with van der Waals surface area (Å²) in [5.74, 6) is -1.69. The zero-order valence-electron chi connectivity index (χ0n) is 11.9. The minimum absolute atomic E-state index is 0.0320. The number of rotatable bonds is 1. The van der Waals surface area contributed by atoms with Gasteiger partial charge in [-0.05, 0) is 37.0 Å². The molecule has 5 heteroatoms. The summed E-state index contributed by atoms with van der Waals surface area (Å²) in [4.78, 5) is 11.3. The standard InChI is InChI=1S/C15H20O5/c1-14(2)4-7-9(5-14)15(3,19)10-8(11(7)16)6-20-12(10)13(17)18/h6-7,9,11,16,19H,4-5H2,1-3H3,(H,17,18). The van der Waals surface area contributed by atoms with Gasteiger partial charge in [-0.2, -0.15) is 0 Å². The van der Waals surface area contributed by atoms with E-state index < -0.39 is 17.7 Å². The Morgan fingerprint density at radius 2 is 2.00 bits per heavy atom. The van der Waals surface area contributed by atoms with E-state index in [4.69, 9.17) is 4.42 Å². The first kappa shape index (κ1) is 13.6. The number of aliphatic hydroxyl groups is 2. The molecule has 2 aliphatic rings. The Bertz CT molecular complexity index is 569. The van der Waals surface area contributed by atoms with Crippen LogP contribution in [-0.4, -0.2) is 21.3 Å². The number of carboxylic acid groups (broad SMARTS) is 1. The van der Waals surface area contributed by atoms with Crippen molar-refractivity contribution in [2.45, 2.75) is 45.3 Å². The van der Waals surface area contributed by atoms with Crippen LogP contribution >= 0.6 is 0 Å². The first-order valence-corrected chi connectivity index (χ1v) is 6.91. The molecule has 1 aromatic rings. The average Bonchev–Trinajstić information content (AvgIpc) is 2.88. The Morgan fingerprint density at radius 3 is 2.60 bits per heavy atom. The van der Waals surface area contributed by atoms with E-state index in [1.807, 2.05) is 0 Å². The van der Waals surface area contributed by atoms with Gasteiger partial charge in [-0.3, -0.25) is 0 Å². The normalized spacial score (nSPS) is 38.4. The zero-order valence-corrected chi connectivity index (χ0v) is 11.9. The maximum absolute atomic E-state index is 11.3. The highest BCUT2D eigenvalue weighted by atomic mass is 16.4. The number of hydrogen-bond donors (Lipinski definition) is 3. The number of carboxylic acids is 1. The number of fused-ring (bicyclic) bond motifs is 2. The monoisotopic (exact) mass is 280 g/mol. The van der Waals surface area contributed by atoms with Crippen LogP contribution < -0.4 is 0 Å². The first-order valence-electron chi connectivity index (χ1n) is 6.91. The predicted octanol–water partition coefficient (Wildman–Crippen LogP) is 2.28. The van der Waals surface area contributed by atoms with Gasteiger partial charge in [0.25, 0.3) is 0 Å². The lowest BCUT2D eigenvalue weighted by molar-refractivity contribution is -0.0706. The van der Waals surface area contributed by atoms with Crippen molar-refractivity contribution >= 4 is 5.97 Å². The third-order valence-corrected chi connectivity index (χ3v) is 5.04. The fraction of sp³-hybridized carbons (Fsp3) is 0.667. The largest absolute Gasteiger partial charge is 0.475 e. The molecule has 3 N–H and O–H groups in total. The minimum Gasteiger partial charge on any atom is -0.475 e. The second-order valence-electron chi connectivity index (χ2n) is 7.14. The van der Waals surface area contributed by atoms with Crippen LogP contribution in [0.15, 0.2) is 10.7 Å². The molecule has 1 heterocycles. The van der Waals surface area contributed by atoms with Gasteiger partial charge in [0.05, 0.1) is 18.0 Å². The molecule has 1 fully saturated rings. The fourth-order valence-corrected chi connectivity index (χ4v) is 4.24. The molecule has 0 radical (unpaired) electrons. The molecular weight excluding hydrogens is 260 g/mol. The van der Waals surface area contributed by atoms with Gasteiger partial charge in [-0.25, -0.2) is 4.79 Å². The van der Waals surface area contributed by atoms with Gasteiger partial charge in [0.15, 0.2) is 0 Å². The van der Waals surface area contributed by atoms with Crippen LogP contribution in [0, 0.1) is 17.3 Å². The topological polar surface area (TPSA) is 90.9 Å². The lowest BCUT2D eigenvalue weighted by atomic mass is 9.67. The Balaban J connectivity index is 2.17. The number of aliphatic hydroxyl groups excluding tert-OH is 1. The van der Waals surface area contributed by atoms with Gasteiger partial charge in [0, 0.05) is 11.1 Å². The third-order valence-electron chi connectivity index (χ3n) is 5.04. The molecular formula is C15H20O5. The Hall–Kier alpha value is -1.33. The van der Waals surface area contributed by atoms with E-state index in [0.717, 1.165) is 12.8 Å². The van der Waals surface area contributed by atoms with Crippen LogP contribution in [0.4, 0.5) is 0 Å². The van der Waals surface area contributed by atoms with E-state index in [0.29, 0.717) is 5.56 Å². The zero-order chi connectivity index (χ0) is 14.9. The van der Waals surface area contributed by atoms with Crippen LogP contribution in [0.2, 0.25) is 0 Å². The van der Waals surface area contributed by atoms with Crippen molar-refractivity contribution in [3.05, 3.63) is 23.2 Å². The lowest BCUT2D eigenvalue weighted by Gasteiger charge is -2.41. The summed E-state index contributed by atoms with van der Waals surface area (Å²) in [5, 5.41) is 30.7. The molecule has 110 valence electrons. The van der Waals surface area contributed by atoms with Crippen LogP contribution in [0.5, 0.6) is 0 Å². The molecule has 5 nitrogen and oxygen atoms in total. The molecule has 3 rings (SSSR count). The SMILES string of the molecule is CC1(C)CC2C(O)c3coc(C(=O)O)c3C(C)(O)C2C1. The summed E-state index contributed by atoms with van der Waals surface area (Å²) in [7, 11) is 0. The second-order valence-corrected chi connectivity index (χ2v) is 7.14. The average molecular weight is 280 g/mol. The molecule has 0 aromatic carbocycles. The molecule has 0 spiro atoms. The van der Waals surface area contributed by atoms with Crippen LogP contribution in [0.3, 0.4) is 0 Å². The maximum atomic E-state index is 11.3. The predicted molar refractivity (Wildman–Crippen MR) is 70.2 cm³/mol. The summed E-state index contributed by atoms with van der Waals surface area (Å²) in [6.45, 7) is 5.86. The molecule has 1 aromatic heterocycles. The van der Waals surface area contributed by atoms with Gasteiger partial charge < -0.3 is 19.7 Å². The van der Waals surface area contributed by atoms with Crippen molar-refractivity contribution < 1.29 is 24.5 Å². The Morgan fingerprint density at radius 1 is 1.35 bits per heavy atom. The minimum atomic E-state index is -1.28. The van der Waals surface area contributed by atoms with Crippen molar-refractivity contribution in [1.29, 1.82) is 0 Å². The maximum Gasteiger partial charge on any atom is 0.372 e. The van der Waals surface area contributed by atoms with Crippen molar-refractivity contribution in [3.63, 3.8) is 0 Å². The fourth-order valence-electron chi connectivity index (χ4n) is 4.24. The van der Waals surface area contributed by atoms with Crippen LogP contribution in [0.1, 0.15) is 61.4 Å². The molecule has 0 bridgehead atoms. The lowest BCUT2D eigenvalue weighted by Crippen LogP contribution is -2.42. The van der Waals surface area contributed by atoms with Gasteiger partial charge >= 0.3 is 5.97 Å². The molecule has 4 unspecified atom stereocenters. The third kappa shape index (κ3) is 1.66. The second kappa shape index (κ2) is 3.86. The molecule has 0 aliphatic heterocycles. The summed E-state index contributed by atoms with van der Waals surface area (Å²) < 4.78 is 5.08. The van der Waals surface area contributed by atoms with Crippen molar-refractivity contribution in [1.82, 2.24) is 0 Å². The highest BCUT2D eigenvalue weighted by Crippen LogP contribution is 2.60. The summed E-state index contributed by atoms with van der Waals surface area (Å²) >= 11 is 0.